The third kappa shape index (κ3) is 5.29. The number of benzene rings is 3. The number of nitrogens with zero attached hydrogens (tertiary/aromatic N) is 1. The normalized spacial score (nSPS) is 15.7. The highest BCUT2D eigenvalue weighted by molar-refractivity contribution is 6.16. The van der Waals surface area contributed by atoms with Gasteiger partial charge < -0.3 is 9.84 Å². The van der Waals surface area contributed by atoms with Crippen LogP contribution >= 0.6 is 0 Å². The number of aliphatic hydroxyl groups excluding tert-OH is 1. The number of hydrogen-bond donors (Lipinski definition) is 1. The third-order valence-electron chi connectivity index (χ3n) is 6.17. The molecule has 180 valence electrons. The molecule has 1 N–H and O–H groups in total. The second-order valence-electron chi connectivity index (χ2n) is 9.30. The van der Waals surface area contributed by atoms with E-state index in [1.807, 2.05) is 73.7 Å². The second kappa shape index (κ2) is 10.6. The molecular formula is C30H31NO4. The molecule has 0 aliphatic carbocycles. The van der Waals surface area contributed by atoms with Gasteiger partial charge in [-0.3, -0.25) is 14.5 Å². The molecule has 1 aliphatic rings. The van der Waals surface area contributed by atoms with Crippen LogP contribution in [0.3, 0.4) is 0 Å². The van der Waals surface area contributed by atoms with Gasteiger partial charge >= 0.3 is 0 Å². The molecule has 1 aliphatic heterocycles. The fraction of sp³-hybridized carbons (Fsp3) is 0.267. The number of Topliss-reactive ketones (excluding diaryl/α,β-unsaturated/α-hetero) is 1. The summed E-state index contributed by atoms with van der Waals surface area (Å²) in [6, 6.07) is 23.9. The maximum atomic E-state index is 13.4. The zero-order valence-corrected chi connectivity index (χ0v) is 20.4. The maximum Gasteiger partial charge on any atom is 0.294 e. The summed E-state index contributed by atoms with van der Waals surface area (Å²) in [5, 5.41) is 10.9. The summed E-state index contributed by atoms with van der Waals surface area (Å²) in [5.41, 5.74) is 3.54. The Bertz CT molecular complexity index is 1230. The minimum atomic E-state index is -0.700. The van der Waals surface area contributed by atoms with Crippen LogP contribution in [0.5, 0.6) is 5.75 Å². The Kier molecular flexibility index (Phi) is 7.35. The first kappa shape index (κ1) is 24.3. The molecule has 0 radical (unpaired) electrons. The molecule has 1 heterocycles. The van der Waals surface area contributed by atoms with Crippen LogP contribution in [0, 0.1) is 12.8 Å². The molecule has 3 aromatic rings. The lowest BCUT2D eigenvalue weighted by Crippen LogP contribution is -2.31. The van der Waals surface area contributed by atoms with E-state index in [0.717, 1.165) is 16.7 Å². The Balaban J connectivity index is 1.67. The minimum Gasteiger partial charge on any atom is -0.503 e. The number of amides is 1. The highest BCUT2D eigenvalue weighted by Gasteiger charge is 2.44. The first-order valence-electron chi connectivity index (χ1n) is 12.0. The van der Waals surface area contributed by atoms with Crippen LogP contribution < -0.4 is 9.64 Å². The maximum absolute atomic E-state index is 13.4. The molecule has 5 nitrogen and oxygen atoms in total. The van der Waals surface area contributed by atoms with Crippen molar-refractivity contribution < 1.29 is 19.4 Å². The summed E-state index contributed by atoms with van der Waals surface area (Å²) in [6.45, 7) is 6.70. The van der Waals surface area contributed by atoms with E-state index in [4.69, 9.17) is 4.74 Å². The van der Waals surface area contributed by atoms with Gasteiger partial charge in [0, 0.05) is 12.1 Å². The van der Waals surface area contributed by atoms with Gasteiger partial charge in [0.25, 0.3) is 5.91 Å². The Hall–Kier alpha value is -3.86. The Morgan fingerprint density at radius 2 is 1.63 bits per heavy atom. The molecular weight excluding hydrogens is 438 g/mol. The lowest BCUT2D eigenvalue weighted by atomic mass is 9.90. The monoisotopic (exact) mass is 469 g/mol. The highest BCUT2D eigenvalue weighted by atomic mass is 16.5. The van der Waals surface area contributed by atoms with Gasteiger partial charge in [0.15, 0.2) is 11.5 Å². The molecule has 4 rings (SSSR count). The van der Waals surface area contributed by atoms with Crippen LogP contribution in [-0.2, 0) is 16.0 Å². The summed E-state index contributed by atoms with van der Waals surface area (Å²) in [4.78, 5) is 28.3. The number of carbonyl (C=O) groups is 2. The Labute approximate surface area is 206 Å². The summed E-state index contributed by atoms with van der Waals surface area (Å²) >= 11 is 0. The van der Waals surface area contributed by atoms with Gasteiger partial charge in [-0.1, -0.05) is 68.4 Å². The molecule has 1 amide bonds. The van der Waals surface area contributed by atoms with E-state index >= 15 is 0 Å². The van der Waals surface area contributed by atoms with Crippen LogP contribution in [0.25, 0.3) is 0 Å². The number of anilines is 1. The second-order valence-corrected chi connectivity index (χ2v) is 9.30. The minimum absolute atomic E-state index is 0.153. The average Bonchev–Trinajstić information content (AvgIpc) is 3.12. The van der Waals surface area contributed by atoms with Crippen LogP contribution in [0.4, 0.5) is 5.69 Å². The van der Waals surface area contributed by atoms with Crippen LogP contribution in [-0.4, -0.2) is 23.4 Å². The van der Waals surface area contributed by atoms with Crippen LogP contribution in [0.15, 0.2) is 90.2 Å². The van der Waals surface area contributed by atoms with E-state index in [9.17, 15) is 14.7 Å². The Morgan fingerprint density at radius 3 is 2.29 bits per heavy atom. The summed E-state index contributed by atoms with van der Waals surface area (Å²) < 4.78 is 5.78. The molecule has 1 unspecified atom stereocenters. The smallest absolute Gasteiger partial charge is 0.294 e. The quantitative estimate of drug-likeness (QED) is 0.409. The first-order valence-corrected chi connectivity index (χ1v) is 12.0. The first-order chi connectivity index (χ1) is 16.9. The molecule has 35 heavy (non-hydrogen) atoms. The number of ether oxygens (including phenoxy) is 1. The van der Waals surface area contributed by atoms with Crippen LogP contribution in [0.2, 0.25) is 0 Å². The standard InChI is InChI=1S/C30H31NO4/c1-20(2)19-35-24-16-14-23(15-17-24)31-28(25-12-8-7-9-21(25)3)27(29(33)30(31)34)26(32)18-13-22-10-5-4-6-11-22/h4-12,14-17,20,28,33H,13,18-19H2,1-3H3. The van der Waals surface area contributed by atoms with E-state index < -0.39 is 17.7 Å². The van der Waals surface area contributed by atoms with E-state index in [1.165, 1.54) is 4.90 Å². The molecule has 5 heteroatoms. The predicted octanol–water partition coefficient (Wildman–Crippen LogP) is 6.13. The van der Waals surface area contributed by atoms with Crippen molar-refractivity contribution in [2.45, 2.75) is 39.7 Å². The molecule has 0 spiro atoms. The average molecular weight is 470 g/mol. The fourth-order valence-corrected chi connectivity index (χ4v) is 4.35. The highest BCUT2D eigenvalue weighted by Crippen LogP contribution is 2.42. The van der Waals surface area contributed by atoms with Gasteiger partial charge in [-0.2, -0.15) is 0 Å². The number of hydrogen-bond acceptors (Lipinski definition) is 4. The van der Waals surface area contributed by atoms with Gasteiger partial charge in [-0.25, -0.2) is 0 Å². The topological polar surface area (TPSA) is 66.8 Å². The summed E-state index contributed by atoms with van der Waals surface area (Å²) in [5.74, 6) is -0.176. The van der Waals surface area contributed by atoms with Gasteiger partial charge in [0.05, 0.1) is 18.2 Å². The number of aliphatic hydroxyl groups is 1. The van der Waals surface area contributed by atoms with Gasteiger partial charge in [0.1, 0.15) is 5.75 Å². The van der Waals surface area contributed by atoms with Crippen molar-refractivity contribution in [3.05, 3.63) is 107 Å². The summed E-state index contributed by atoms with van der Waals surface area (Å²) in [6.07, 6.45) is 0.738. The molecule has 0 bridgehead atoms. The number of rotatable bonds is 9. The Morgan fingerprint density at radius 1 is 0.971 bits per heavy atom. The SMILES string of the molecule is Cc1ccccc1C1C(C(=O)CCc2ccccc2)=C(O)C(=O)N1c1ccc(OCC(C)C)cc1. The van der Waals surface area contributed by atoms with Gasteiger partial charge in [-0.15, -0.1) is 0 Å². The molecule has 0 saturated carbocycles. The van der Waals surface area contributed by atoms with Crippen molar-refractivity contribution in [2.75, 3.05) is 11.5 Å². The summed E-state index contributed by atoms with van der Waals surface area (Å²) in [7, 11) is 0. The van der Waals surface area contributed by atoms with Crippen molar-refractivity contribution in [1.29, 1.82) is 0 Å². The van der Waals surface area contributed by atoms with Gasteiger partial charge in [0.2, 0.25) is 0 Å². The fourth-order valence-electron chi connectivity index (χ4n) is 4.35. The van der Waals surface area contributed by atoms with E-state index in [0.29, 0.717) is 30.4 Å². The van der Waals surface area contributed by atoms with E-state index in [1.54, 1.807) is 12.1 Å². The van der Waals surface area contributed by atoms with E-state index in [-0.39, 0.29) is 17.8 Å². The third-order valence-corrected chi connectivity index (χ3v) is 6.17. The molecule has 3 aromatic carbocycles. The lowest BCUT2D eigenvalue weighted by molar-refractivity contribution is -0.118. The molecule has 1 atom stereocenters. The van der Waals surface area contributed by atoms with Crippen molar-refractivity contribution in [3.63, 3.8) is 0 Å². The zero-order chi connectivity index (χ0) is 24.9. The van der Waals surface area contributed by atoms with Crippen molar-refractivity contribution in [1.82, 2.24) is 0 Å². The number of ketones is 1. The molecule has 0 aromatic heterocycles. The number of carbonyl (C=O) groups excluding carboxylic acids is 2. The van der Waals surface area contributed by atoms with Gasteiger partial charge in [-0.05, 0) is 60.2 Å². The molecule has 0 saturated heterocycles. The zero-order valence-electron chi connectivity index (χ0n) is 20.4. The van der Waals surface area contributed by atoms with E-state index in [2.05, 4.69) is 13.8 Å². The van der Waals surface area contributed by atoms with Crippen molar-refractivity contribution in [3.8, 4) is 5.75 Å². The largest absolute Gasteiger partial charge is 0.503 e. The lowest BCUT2D eigenvalue weighted by Gasteiger charge is -2.28. The van der Waals surface area contributed by atoms with Crippen LogP contribution in [0.1, 0.15) is 43.0 Å². The number of aryl methyl sites for hydroxylation is 2. The predicted molar refractivity (Wildman–Crippen MR) is 138 cm³/mol. The van der Waals surface area contributed by atoms with Crippen molar-refractivity contribution in [2.24, 2.45) is 5.92 Å². The molecule has 0 fully saturated rings. The van der Waals surface area contributed by atoms with Crippen molar-refractivity contribution >= 4 is 17.4 Å².